The number of amides is 1. The molecule has 0 aliphatic heterocycles. The van der Waals surface area contributed by atoms with Crippen molar-refractivity contribution in [2.24, 2.45) is 0 Å². The summed E-state index contributed by atoms with van der Waals surface area (Å²) in [6.07, 6.45) is 4.02. The van der Waals surface area contributed by atoms with Crippen LogP contribution in [-0.2, 0) is 12.3 Å². The van der Waals surface area contributed by atoms with E-state index in [0.29, 0.717) is 17.7 Å². The first-order valence-electron chi connectivity index (χ1n) is 9.14. The second-order valence-electron chi connectivity index (χ2n) is 6.50. The Bertz CT molecular complexity index is 1140. The molecule has 0 spiro atoms. The summed E-state index contributed by atoms with van der Waals surface area (Å²) in [6, 6.07) is 22.8. The molecular formula is C23H18N4OS. The van der Waals surface area contributed by atoms with Crippen LogP contribution in [0.15, 0.2) is 84.0 Å². The number of pyridine rings is 1. The number of nitriles is 1. The van der Waals surface area contributed by atoms with Crippen LogP contribution in [0.5, 0.6) is 0 Å². The molecular weight excluding hydrogens is 380 g/mol. The SMILES string of the molecule is N#Cc1ccc(CNC(=O)c2ccc(SCc3cn4ccccc4n3)cc2)cc1. The molecule has 0 aliphatic carbocycles. The summed E-state index contributed by atoms with van der Waals surface area (Å²) in [7, 11) is 0. The summed E-state index contributed by atoms with van der Waals surface area (Å²) in [4.78, 5) is 18.0. The van der Waals surface area contributed by atoms with Crippen molar-refractivity contribution in [2.45, 2.75) is 17.2 Å². The molecule has 0 saturated carbocycles. The van der Waals surface area contributed by atoms with Gasteiger partial charge in [-0.2, -0.15) is 5.26 Å². The Hall–Kier alpha value is -3.56. The largest absolute Gasteiger partial charge is 0.348 e. The van der Waals surface area contributed by atoms with Crippen molar-refractivity contribution < 1.29 is 4.79 Å². The van der Waals surface area contributed by atoms with E-state index < -0.39 is 0 Å². The van der Waals surface area contributed by atoms with Gasteiger partial charge in [0.15, 0.2) is 0 Å². The van der Waals surface area contributed by atoms with Crippen molar-refractivity contribution in [1.82, 2.24) is 14.7 Å². The van der Waals surface area contributed by atoms with Crippen LogP contribution in [0.4, 0.5) is 0 Å². The van der Waals surface area contributed by atoms with Crippen LogP contribution >= 0.6 is 11.8 Å². The highest BCUT2D eigenvalue weighted by molar-refractivity contribution is 7.98. The highest BCUT2D eigenvalue weighted by atomic mass is 32.2. The van der Waals surface area contributed by atoms with Crippen LogP contribution in [0.1, 0.15) is 27.2 Å². The second kappa shape index (κ2) is 8.63. The van der Waals surface area contributed by atoms with Crippen LogP contribution < -0.4 is 5.32 Å². The number of thioether (sulfide) groups is 1. The number of imidazole rings is 1. The number of aromatic nitrogens is 2. The minimum atomic E-state index is -0.119. The summed E-state index contributed by atoms with van der Waals surface area (Å²) < 4.78 is 2.01. The first-order chi connectivity index (χ1) is 14.2. The molecule has 0 aliphatic rings. The summed E-state index contributed by atoms with van der Waals surface area (Å²) in [5.41, 5.74) is 4.15. The molecule has 0 unspecified atom stereocenters. The van der Waals surface area contributed by atoms with Crippen LogP contribution in [0, 0.1) is 11.3 Å². The quantitative estimate of drug-likeness (QED) is 0.488. The van der Waals surface area contributed by atoms with Crippen molar-refractivity contribution in [2.75, 3.05) is 0 Å². The molecule has 0 saturated heterocycles. The minimum absolute atomic E-state index is 0.119. The minimum Gasteiger partial charge on any atom is -0.348 e. The zero-order valence-electron chi connectivity index (χ0n) is 15.6. The standard InChI is InChI=1S/C23H18N4OS/c24-13-17-4-6-18(7-5-17)14-25-23(28)19-8-10-21(11-9-19)29-16-20-15-27-12-2-1-3-22(27)26-20/h1-12,15H,14,16H2,(H,25,28). The number of hydrogen-bond acceptors (Lipinski definition) is 4. The number of nitrogens with one attached hydrogen (secondary N) is 1. The molecule has 0 fully saturated rings. The van der Waals surface area contributed by atoms with Crippen LogP contribution in [-0.4, -0.2) is 15.3 Å². The number of fused-ring (bicyclic) bond motifs is 1. The van der Waals surface area contributed by atoms with E-state index in [2.05, 4.69) is 16.4 Å². The lowest BCUT2D eigenvalue weighted by atomic mass is 10.1. The Morgan fingerprint density at radius 2 is 1.86 bits per heavy atom. The van der Waals surface area contributed by atoms with E-state index in [-0.39, 0.29) is 5.91 Å². The molecule has 4 rings (SSSR count). The molecule has 4 aromatic rings. The van der Waals surface area contributed by atoms with E-state index in [4.69, 9.17) is 5.26 Å². The molecule has 2 aromatic carbocycles. The molecule has 1 N–H and O–H groups in total. The van der Waals surface area contributed by atoms with Gasteiger partial charge in [0, 0.05) is 35.2 Å². The molecule has 2 heterocycles. The first kappa shape index (κ1) is 18.8. The third-order valence-electron chi connectivity index (χ3n) is 4.45. The Morgan fingerprint density at radius 1 is 1.07 bits per heavy atom. The van der Waals surface area contributed by atoms with Crippen molar-refractivity contribution in [1.29, 1.82) is 5.26 Å². The predicted molar refractivity (Wildman–Crippen MR) is 114 cm³/mol. The van der Waals surface area contributed by atoms with E-state index >= 15 is 0 Å². The fraction of sp³-hybridized carbons (Fsp3) is 0.0870. The lowest BCUT2D eigenvalue weighted by Crippen LogP contribution is -2.22. The van der Waals surface area contributed by atoms with Gasteiger partial charge in [0.05, 0.1) is 17.3 Å². The lowest BCUT2D eigenvalue weighted by molar-refractivity contribution is 0.0951. The molecule has 0 atom stereocenters. The van der Waals surface area contributed by atoms with Gasteiger partial charge in [0.25, 0.3) is 5.91 Å². The molecule has 0 radical (unpaired) electrons. The number of hydrogen-bond donors (Lipinski definition) is 1. The fourth-order valence-corrected chi connectivity index (χ4v) is 3.68. The summed E-state index contributed by atoms with van der Waals surface area (Å²) in [5, 5.41) is 11.7. The maximum atomic E-state index is 12.3. The first-order valence-corrected chi connectivity index (χ1v) is 10.1. The Balaban J connectivity index is 1.31. The monoisotopic (exact) mass is 398 g/mol. The maximum absolute atomic E-state index is 12.3. The van der Waals surface area contributed by atoms with E-state index in [9.17, 15) is 4.79 Å². The smallest absolute Gasteiger partial charge is 0.251 e. The lowest BCUT2D eigenvalue weighted by Gasteiger charge is -2.06. The second-order valence-corrected chi connectivity index (χ2v) is 7.55. The van der Waals surface area contributed by atoms with Gasteiger partial charge >= 0.3 is 0 Å². The van der Waals surface area contributed by atoms with Gasteiger partial charge in [0.2, 0.25) is 0 Å². The molecule has 2 aromatic heterocycles. The third-order valence-corrected chi connectivity index (χ3v) is 5.50. The van der Waals surface area contributed by atoms with Gasteiger partial charge in [-0.15, -0.1) is 11.8 Å². The molecule has 5 nitrogen and oxygen atoms in total. The molecule has 6 heteroatoms. The van der Waals surface area contributed by atoms with Crippen molar-refractivity contribution >= 4 is 23.3 Å². The average Bonchev–Trinajstić information content (AvgIpc) is 3.20. The van der Waals surface area contributed by atoms with E-state index in [0.717, 1.165) is 27.6 Å². The van der Waals surface area contributed by atoms with E-state index in [1.165, 1.54) is 0 Å². The van der Waals surface area contributed by atoms with Crippen LogP contribution in [0.2, 0.25) is 0 Å². The van der Waals surface area contributed by atoms with Crippen molar-refractivity contribution in [3.8, 4) is 6.07 Å². The third kappa shape index (κ3) is 4.65. The van der Waals surface area contributed by atoms with Gasteiger partial charge in [-0.1, -0.05) is 18.2 Å². The van der Waals surface area contributed by atoms with E-state index in [1.54, 1.807) is 23.9 Å². The molecule has 1 amide bonds. The van der Waals surface area contributed by atoms with Crippen LogP contribution in [0.25, 0.3) is 5.65 Å². The van der Waals surface area contributed by atoms with E-state index in [1.807, 2.05) is 71.4 Å². The van der Waals surface area contributed by atoms with Crippen molar-refractivity contribution in [3.05, 3.63) is 102 Å². The Morgan fingerprint density at radius 3 is 2.59 bits per heavy atom. The molecule has 29 heavy (non-hydrogen) atoms. The topological polar surface area (TPSA) is 70.2 Å². The average molecular weight is 398 g/mol. The zero-order chi connectivity index (χ0) is 20.1. The van der Waals surface area contributed by atoms with Crippen molar-refractivity contribution in [3.63, 3.8) is 0 Å². The summed E-state index contributed by atoms with van der Waals surface area (Å²) in [6.45, 7) is 0.426. The van der Waals surface area contributed by atoms with Crippen LogP contribution in [0.3, 0.4) is 0 Å². The Kier molecular flexibility index (Phi) is 5.59. The fourth-order valence-electron chi connectivity index (χ4n) is 2.90. The van der Waals surface area contributed by atoms with Gasteiger partial charge in [-0.3, -0.25) is 4.79 Å². The summed E-state index contributed by atoms with van der Waals surface area (Å²) in [5.74, 6) is 0.651. The Labute approximate surface area is 173 Å². The molecule has 0 bridgehead atoms. The highest BCUT2D eigenvalue weighted by Crippen LogP contribution is 2.23. The number of nitrogens with zero attached hydrogens (tertiary/aromatic N) is 3. The van der Waals surface area contributed by atoms with Gasteiger partial charge in [-0.25, -0.2) is 4.98 Å². The zero-order valence-corrected chi connectivity index (χ0v) is 16.4. The highest BCUT2D eigenvalue weighted by Gasteiger charge is 2.07. The number of carbonyl (C=O) groups is 1. The number of benzene rings is 2. The summed E-state index contributed by atoms with van der Waals surface area (Å²) >= 11 is 1.69. The number of carbonyl (C=O) groups excluding carboxylic acids is 1. The predicted octanol–water partition coefficient (Wildman–Crippen LogP) is 4.43. The maximum Gasteiger partial charge on any atom is 0.251 e. The number of rotatable bonds is 6. The van der Waals surface area contributed by atoms with Gasteiger partial charge < -0.3 is 9.72 Å². The molecule has 142 valence electrons. The normalized spacial score (nSPS) is 10.6. The van der Waals surface area contributed by atoms with Gasteiger partial charge in [-0.05, 0) is 54.1 Å². The van der Waals surface area contributed by atoms with Gasteiger partial charge in [0.1, 0.15) is 5.65 Å².